The molecule has 2 atom stereocenters. The van der Waals surface area contributed by atoms with Gasteiger partial charge in [-0.25, -0.2) is 0 Å². The van der Waals surface area contributed by atoms with Crippen LogP contribution in [0, 0.1) is 11.3 Å². The highest BCUT2D eigenvalue weighted by molar-refractivity contribution is 5.14. The van der Waals surface area contributed by atoms with Gasteiger partial charge in [0.15, 0.2) is 0 Å². The van der Waals surface area contributed by atoms with Gasteiger partial charge in [0, 0.05) is 6.04 Å². The van der Waals surface area contributed by atoms with Gasteiger partial charge in [0.2, 0.25) is 0 Å². The standard InChI is InChI=1S/C13H18N2/c1-11(15-12(2)10-14)8-9-13-6-4-3-5-7-13/h3-7,11-12,15H,8-9H2,1-2H3. The molecular formula is C13H18N2. The molecule has 0 aliphatic heterocycles. The summed E-state index contributed by atoms with van der Waals surface area (Å²) < 4.78 is 0. The van der Waals surface area contributed by atoms with Gasteiger partial charge in [0.05, 0.1) is 12.1 Å². The molecule has 1 N–H and O–H groups in total. The molecule has 2 heteroatoms. The highest BCUT2D eigenvalue weighted by atomic mass is 14.9. The van der Waals surface area contributed by atoms with Crippen LogP contribution in [0.15, 0.2) is 30.3 Å². The third-order valence-corrected chi connectivity index (χ3v) is 2.44. The number of nitrogens with zero attached hydrogens (tertiary/aromatic N) is 1. The summed E-state index contributed by atoms with van der Waals surface area (Å²) in [6, 6.07) is 12.9. The molecule has 2 unspecified atom stereocenters. The molecule has 1 aromatic rings. The first-order valence-electron chi connectivity index (χ1n) is 5.42. The molecule has 15 heavy (non-hydrogen) atoms. The summed E-state index contributed by atoms with van der Waals surface area (Å²) in [6.45, 7) is 4.01. The molecule has 0 spiro atoms. The first-order valence-corrected chi connectivity index (χ1v) is 5.42. The van der Waals surface area contributed by atoms with Crippen LogP contribution in [0.5, 0.6) is 0 Å². The van der Waals surface area contributed by atoms with Crippen LogP contribution in [0.1, 0.15) is 25.8 Å². The second-order valence-corrected chi connectivity index (χ2v) is 3.94. The second-order valence-electron chi connectivity index (χ2n) is 3.94. The van der Waals surface area contributed by atoms with E-state index in [-0.39, 0.29) is 6.04 Å². The molecule has 0 aliphatic carbocycles. The lowest BCUT2D eigenvalue weighted by molar-refractivity contribution is 0.492. The van der Waals surface area contributed by atoms with Crippen molar-refractivity contribution in [1.29, 1.82) is 5.26 Å². The summed E-state index contributed by atoms with van der Waals surface area (Å²) in [4.78, 5) is 0. The normalized spacial score (nSPS) is 14.2. The first kappa shape index (κ1) is 11.7. The smallest absolute Gasteiger partial charge is 0.0926 e. The van der Waals surface area contributed by atoms with E-state index in [4.69, 9.17) is 5.26 Å². The molecular weight excluding hydrogens is 184 g/mol. The van der Waals surface area contributed by atoms with E-state index in [1.54, 1.807) is 0 Å². The molecule has 80 valence electrons. The number of nitriles is 1. The van der Waals surface area contributed by atoms with Crippen molar-refractivity contribution in [2.75, 3.05) is 0 Å². The van der Waals surface area contributed by atoms with Gasteiger partial charge in [-0.3, -0.25) is 5.32 Å². The molecule has 0 heterocycles. The fourth-order valence-electron chi connectivity index (χ4n) is 1.58. The zero-order valence-electron chi connectivity index (χ0n) is 9.40. The maximum Gasteiger partial charge on any atom is 0.0926 e. The van der Waals surface area contributed by atoms with Crippen molar-refractivity contribution in [1.82, 2.24) is 5.32 Å². The highest BCUT2D eigenvalue weighted by Gasteiger charge is 2.05. The summed E-state index contributed by atoms with van der Waals surface area (Å²) >= 11 is 0. The topological polar surface area (TPSA) is 35.8 Å². The summed E-state index contributed by atoms with van der Waals surface area (Å²) in [5, 5.41) is 11.9. The summed E-state index contributed by atoms with van der Waals surface area (Å²) in [5.41, 5.74) is 1.36. The van der Waals surface area contributed by atoms with Gasteiger partial charge in [-0.15, -0.1) is 0 Å². The average Bonchev–Trinajstić information content (AvgIpc) is 2.27. The number of hydrogen-bond acceptors (Lipinski definition) is 2. The summed E-state index contributed by atoms with van der Waals surface area (Å²) in [6.07, 6.45) is 2.13. The minimum Gasteiger partial charge on any atom is -0.300 e. The van der Waals surface area contributed by atoms with Crippen LogP contribution in [0.25, 0.3) is 0 Å². The van der Waals surface area contributed by atoms with Crippen LogP contribution in [-0.4, -0.2) is 12.1 Å². The van der Waals surface area contributed by atoms with Crippen LogP contribution in [0.2, 0.25) is 0 Å². The van der Waals surface area contributed by atoms with E-state index in [0.717, 1.165) is 12.8 Å². The Morgan fingerprint density at radius 3 is 2.53 bits per heavy atom. The molecule has 1 rings (SSSR count). The SMILES string of the molecule is CC(C#N)NC(C)CCc1ccccc1. The fraction of sp³-hybridized carbons (Fsp3) is 0.462. The third-order valence-electron chi connectivity index (χ3n) is 2.44. The molecule has 0 saturated heterocycles. The lowest BCUT2D eigenvalue weighted by atomic mass is 10.1. The predicted octanol–water partition coefficient (Wildman–Crippen LogP) is 2.51. The molecule has 0 aromatic heterocycles. The molecule has 0 radical (unpaired) electrons. The van der Waals surface area contributed by atoms with Crippen molar-refractivity contribution in [2.24, 2.45) is 0 Å². The van der Waals surface area contributed by atoms with Crippen molar-refractivity contribution >= 4 is 0 Å². The number of nitrogens with one attached hydrogen (secondary N) is 1. The van der Waals surface area contributed by atoms with Gasteiger partial charge >= 0.3 is 0 Å². The van der Waals surface area contributed by atoms with Gasteiger partial charge in [0.25, 0.3) is 0 Å². The van der Waals surface area contributed by atoms with E-state index in [2.05, 4.69) is 42.6 Å². The summed E-state index contributed by atoms with van der Waals surface area (Å²) in [5.74, 6) is 0. The Morgan fingerprint density at radius 2 is 1.93 bits per heavy atom. The van der Waals surface area contributed by atoms with Crippen LogP contribution in [0.3, 0.4) is 0 Å². The van der Waals surface area contributed by atoms with Crippen molar-refractivity contribution in [3.05, 3.63) is 35.9 Å². The first-order chi connectivity index (χ1) is 7.22. The Balaban J connectivity index is 2.29. The van der Waals surface area contributed by atoms with Gasteiger partial charge in [0.1, 0.15) is 0 Å². The van der Waals surface area contributed by atoms with E-state index in [1.165, 1.54) is 5.56 Å². The zero-order valence-corrected chi connectivity index (χ0v) is 9.40. The molecule has 0 saturated carbocycles. The maximum atomic E-state index is 8.66. The number of hydrogen-bond donors (Lipinski definition) is 1. The average molecular weight is 202 g/mol. The minimum atomic E-state index is -0.0595. The predicted molar refractivity (Wildman–Crippen MR) is 62.4 cm³/mol. The maximum absolute atomic E-state index is 8.66. The van der Waals surface area contributed by atoms with Gasteiger partial charge in [-0.2, -0.15) is 5.26 Å². The zero-order chi connectivity index (χ0) is 11.1. The number of rotatable bonds is 5. The Hall–Kier alpha value is -1.33. The fourth-order valence-corrected chi connectivity index (χ4v) is 1.58. The number of benzene rings is 1. The Morgan fingerprint density at radius 1 is 1.27 bits per heavy atom. The quantitative estimate of drug-likeness (QED) is 0.796. The van der Waals surface area contributed by atoms with E-state index in [0.29, 0.717) is 6.04 Å². The van der Waals surface area contributed by atoms with Crippen molar-refractivity contribution < 1.29 is 0 Å². The van der Waals surface area contributed by atoms with Crippen LogP contribution >= 0.6 is 0 Å². The number of aryl methyl sites for hydroxylation is 1. The highest BCUT2D eigenvalue weighted by Crippen LogP contribution is 2.04. The molecule has 0 amide bonds. The Labute approximate surface area is 91.9 Å². The van der Waals surface area contributed by atoms with Crippen LogP contribution in [-0.2, 0) is 6.42 Å². The van der Waals surface area contributed by atoms with E-state index in [9.17, 15) is 0 Å². The van der Waals surface area contributed by atoms with E-state index >= 15 is 0 Å². The third kappa shape index (κ3) is 4.62. The van der Waals surface area contributed by atoms with E-state index < -0.39 is 0 Å². The van der Waals surface area contributed by atoms with Crippen LogP contribution < -0.4 is 5.32 Å². The van der Waals surface area contributed by atoms with Crippen molar-refractivity contribution in [2.45, 2.75) is 38.8 Å². The van der Waals surface area contributed by atoms with Crippen molar-refractivity contribution in [3.8, 4) is 6.07 Å². The molecule has 1 aromatic carbocycles. The molecule has 0 bridgehead atoms. The van der Waals surface area contributed by atoms with E-state index in [1.807, 2.05) is 13.0 Å². The van der Waals surface area contributed by atoms with Gasteiger partial charge < -0.3 is 0 Å². The summed E-state index contributed by atoms with van der Waals surface area (Å²) in [7, 11) is 0. The Kier molecular flexibility index (Phi) is 4.86. The Bertz CT molecular complexity index is 313. The lowest BCUT2D eigenvalue weighted by Gasteiger charge is -2.14. The second kappa shape index (κ2) is 6.21. The minimum absolute atomic E-state index is 0.0595. The van der Waals surface area contributed by atoms with Crippen molar-refractivity contribution in [3.63, 3.8) is 0 Å². The molecule has 0 aliphatic rings. The lowest BCUT2D eigenvalue weighted by Crippen LogP contribution is -2.33. The molecule has 2 nitrogen and oxygen atoms in total. The largest absolute Gasteiger partial charge is 0.300 e. The molecule has 0 fully saturated rings. The van der Waals surface area contributed by atoms with Gasteiger partial charge in [-0.05, 0) is 32.3 Å². The van der Waals surface area contributed by atoms with Gasteiger partial charge in [-0.1, -0.05) is 30.3 Å². The monoisotopic (exact) mass is 202 g/mol. The van der Waals surface area contributed by atoms with Crippen LogP contribution in [0.4, 0.5) is 0 Å².